The van der Waals surface area contributed by atoms with Crippen molar-refractivity contribution in [1.29, 1.82) is 0 Å². The molecule has 5 heteroatoms. The molecule has 1 aromatic rings. The molecule has 4 fully saturated rings. The van der Waals surface area contributed by atoms with Crippen LogP contribution in [-0.4, -0.2) is 25.5 Å². The Kier molecular flexibility index (Phi) is 4.63. The van der Waals surface area contributed by atoms with Crippen LogP contribution in [0, 0.1) is 23.2 Å². The molecule has 4 aliphatic rings. The topological polar surface area (TPSA) is 67.4 Å². The molecule has 140 valence electrons. The predicted octanol–water partition coefficient (Wildman–Crippen LogP) is 2.64. The molecule has 0 aromatic heterocycles. The van der Waals surface area contributed by atoms with Crippen LogP contribution in [0.15, 0.2) is 24.3 Å². The number of hydrogen-bond acceptors (Lipinski definition) is 3. The minimum atomic E-state index is -0.197. The van der Waals surface area contributed by atoms with Crippen molar-refractivity contribution in [2.24, 2.45) is 23.2 Å². The van der Waals surface area contributed by atoms with Crippen molar-refractivity contribution in [3.8, 4) is 5.75 Å². The number of rotatable bonds is 6. The van der Waals surface area contributed by atoms with Gasteiger partial charge in [0.1, 0.15) is 5.75 Å². The van der Waals surface area contributed by atoms with Crippen LogP contribution < -0.4 is 15.4 Å². The standard InChI is InChI=1S/C21H28N2O3/c1-26-18-5-3-2-4-17(18)12-22-19(24)13-23-20(25)21-9-14-6-15(10-21)8-16(7-14)11-21/h2-5,14-16H,6-13H2,1H3,(H,22,24)(H,23,25). The van der Waals surface area contributed by atoms with E-state index in [1.165, 1.54) is 19.3 Å². The monoisotopic (exact) mass is 356 g/mol. The van der Waals surface area contributed by atoms with Crippen molar-refractivity contribution in [1.82, 2.24) is 10.6 Å². The zero-order valence-electron chi connectivity index (χ0n) is 15.4. The average molecular weight is 356 g/mol. The number of para-hydroxylation sites is 1. The maximum absolute atomic E-state index is 12.9. The second-order valence-electron chi connectivity index (χ2n) is 8.47. The molecule has 0 spiro atoms. The highest BCUT2D eigenvalue weighted by Gasteiger charge is 2.54. The lowest BCUT2D eigenvalue weighted by Crippen LogP contribution is -2.54. The second kappa shape index (κ2) is 6.93. The Morgan fingerprint density at radius 2 is 1.65 bits per heavy atom. The summed E-state index contributed by atoms with van der Waals surface area (Å²) in [5.41, 5.74) is 0.730. The van der Waals surface area contributed by atoms with E-state index in [0.29, 0.717) is 6.54 Å². The number of carbonyl (C=O) groups excluding carboxylic acids is 2. The quantitative estimate of drug-likeness (QED) is 0.823. The Morgan fingerprint density at radius 3 is 2.27 bits per heavy atom. The minimum Gasteiger partial charge on any atom is -0.496 e. The Labute approximate surface area is 154 Å². The summed E-state index contributed by atoms with van der Waals surface area (Å²) in [5.74, 6) is 2.88. The third-order valence-corrected chi connectivity index (χ3v) is 6.60. The zero-order chi connectivity index (χ0) is 18.1. The molecule has 5 nitrogen and oxygen atoms in total. The van der Waals surface area contributed by atoms with Gasteiger partial charge < -0.3 is 15.4 Å². The van der Waals surface area contributed by atoms with E-state index in [-0.39, 0.29) is 23.8 Å². The predicted molar refractivity (Wildman–Crippen MR) is 98.5 cm³/mol. The number of ether oxygens (including phenoxy) is 1. The third-order valence-electron chi connectivity index (χ3n) is 6.60. The summed E-state index contributed by atoms with van der Waals surface area (Å²) in [6.45, 7) is 0.450. The van der Waals surface area contributed by atoms with Crippen molar-refractivity contribution < 1.29 is 14.3 Å². The molecule has 0 heterocycles. The van der Waals surface area contributed by atoms with Gasteiger partial charge >= 0.3 is 0 Å². The average Bonchev–Trinajstić information content (AvgIpc) is 2.63. The summed E-state index contributed by atoms with van der Waals surface area (Å²) in [4.78, 5) is 25.0. The number of amides is 2. The maximum atomic E-state index is 12.9. The molecular formula is C21H28N2O3. The van der Waals surface area contributed by atoms with Crippen LogP contribution in [0.1, 0.15) is 44.1 Å². The third kappa shape index (κ3) is 3.31. The summed E-state index contributed by atoms with van der Waals surface area (Å²) < 4.78 is 5.29. The van der Waals surface area contributed by atoms with Gasteiger partial charge in [-0.25, -0.2) is 0 Å². The molecule has 0 radical (unpaired) electrons. The van der Waals surface area contributed by atoms with Crippen LogP contribution in [0.5, 0.6) is 5.75 Å². The Balaban J connectivity index is 1.29. The Hall–Kier alpha value is -2.04. The molecule has 0 aliphatic heterocycles. The van der Waals surface area contributed by atoms with Gasteiger partial charge in [0.2, 0.25) is 11.8 Å². The van der Waals surface area contributed by atoms with Crippen molar-refractivity contribution in [2.75, 3.05) is 13.7 Å². The van der Waals surface area contributed by atoms with Gasteiger partial charge in [0.15, 0.2) is 0 Å². The van der Waals surface area contributed by atoms with Crippen molar-refractivity contribution >= 4 is 11.8 Å². The highest BCUT2D eigenvalue weighted by atomic mass is 16.5. The largest absolute Gasteiger partial charge is 0.496 e. The van der Waals surface area contributed by atoms with Crippen LogP contribution in [0.3, 0.4) is 0 Å². The summed E-state index contributed by atoms with van der Waals surface area (Å²) >= 11 is 0. The second-order valence-corrected chi connectivity index (χ2v) is 8.47. The molecule has 4 aliphatic carbocycles. The normalized spacial score (nSPS) is 31.5. The SMILES string of the molecule is COc1ccccc1CNC(=O)CNC(=O)C12CC3CC(CC(C3)C1)C2. The molecule has 1 aromatic carbocycles. The summed E-state index contributed by atoms with van der Waals surface area (Å²) in [7, 11) is 1.62. The molecular weight excluding hydrogens is 328 g/mol. The first-order valence-corrected chi connectivity index (χ1v) is 9.75. The fourth-order valence-corrected chi connectivity index (χ4v) is 5.84. The lowest BCUT2D eigenvalue weighted by atomic mass is 9.49. The molecule has 4 bridgehead atoms. The highest BCUT2D eigenvalue weighted by Crippen LogP contribution is 2.60. The number of nitrogens with one attached hydrogen (secondary N) is 2. The van der Waals surface area contributed by atoms with E-state index in [9.17, 15) is 9.59 Å². The van der Waals surface area contributed by atoms with Gasteiger partial charge in [-0.15, -0.1) is 0 Å². The van der Waals surface area contributed by atoms with Gasteiger partial charge in [-0.3, -0.25) is 9.59 Å². The van der Waals surface area contributed by atoms with Crippen LogP contribution in [0.25, 0.3) is 0 Å². The van der Waals surface area contributed by atoms with E-state index in [2.05, 4.69) is 10.6 Å². The Morgan fingerprint density at radius 1 is 1.04 bits per heavy atom. The fraction of sp³-hybridized carbons (Fsp3) is 0.619. The first-order valence-electron chi connectivity index (χ1n) is 9.75. The van der Waals surface area contributed by atoms with E-state index in [0.717, 1.165) is 48.3 Å². The minimum absolute atomic E-state index is 0.0513. The number of carbonyl (C=O) groups is 2. The van der Waals surface area contributed by atoms with Crippen LogP contribution >= 0.6 is 0 Å². The van der Waals surface area contributed by atoms with Gasteiger partial charge in [-0.05, 0) is 62.3 Å². The number of benzene rings is 1. The smallest absolute Gasteiger partial charge is 0.239 e. The molecule has 26 heavy (non-hydrogen) atoms. The molecule has 5 rings (SSSR count). The van der Waals surface area contributed by atoms with Crippen molar-refractivity contribution in [3.63, 3.8) is 0 Å². The summed E-state index contributed by atoms with van der Waals surface area (Å²) in [6, 6.07) is 7.61. The van der Waals surface area contributed by atoms with E-state index >= 15 is 0 Å². The van der Waals surface area contributed by atoms with E-state index in [1.807, 2.05) is 24.3 Å². The highest BCUT2D eigenvalue weighted by molar-refractivity contribution is 5.88. The van der Waals surface area contributed by atoms with Crippen LogP contribution in [0.4, 0.5) is 0 Å². The summed E-state index contributed by atoms with van der Waals surface area (Å²) in [5, 5.41) is 5.79. The number of hydrogen-bond donors (Lipinski definition) is 2. The zero-order valence-corrected chi connectivity index (χ0v) is 15.4. The molecule has 0 unspecified atom stereocenters. The van der Waals surface area contributed by atoms with E-state index in [1.54, 1.807) is 7.11 Å². The van der Waals surface area contributed by atoms with Gasteiger partial charge in [0.05, 0.1) is 13.7 Å². The molecule has 2 amide bonds. The number of methoxy groups -OCH3 is 1. The lowest BCUT2D eigenvalue weighted by Gasteiger charge is -2.55. The van der Waals surface area contributed by atoms with Gasteiger partial charge in [0.25, 0.3) is 0 Å². The molecule has 0 atom stereocenters. The lowest BCUT2D eigenvalue weighted by molar-refractivity contribution is -0.147. The van der Waals surface area contributed by atoms with E-state index in [4.69, 9.17) is 4.74 Å². The molecule has 2 N–H and O–H groups in total. The maximum Gasteiger partial charge on any atom is 0.239 e. The fourth-order valence-electron chi connectivity index (χ4n) is 5.84. The van der Waals surface area contributed by atoms with Gasteiger partial charge in [-0.2, -0.15) is 0 Å². The molecule has 4 saturated carbocycles. The van der Waals surface area contributed by atoms with Crippen molar-refractivity contribution in [3.05, 3.63) is 29.8 Å². The van der Waals surface area contributed by atoms with Crippen LogP contribution in [-0.2, 0) is 16.1 Å². The first-order chi connectivity index (χ1) is 12.6. The Bertz CT molecular complexity index is 665. The summed E-state index contributed by atoms with van der Waals surface area (Å²) in [6.07, 6.45) is 7.00. The van der Waals surface area contributed by atoms with Crippen molar-refractivity contribution in [2.45, 2.75) is 45.1 Å². The van der Waals surface area contributed by atoms with Gasteiger partial charge in [-0.1, -0.05) is 18.2 Å². The molecule has 0 saturated heterocycles. The van der Waals surface area contributed by atoms with Gasteiger partial charge in [0, 0.05) is 17.5 Å². The van der Waals surface area contributed by atoms with E-state index < -0.39 is 0 Å². The first kappa shape index (κ1) is 17.4. The van der Waals surface area contributed by atoms with Crippen LogP contribution in [0.2, 0.25) is 0 Å².